The standard InChI is InChI=1S/C18H18FN5O/c19-15-4-1-3-13(11-15)17-22-18(25-23-17)14-5-6-16(21-12-14)24-9-2-7-20-8-10-24/h1,3-6,11-12,20H,2,7-10H2. The van der Waals surface area contributed by atoms with Crippen LogP contribution in [0.5, 0.6) is 0 Å². The average molecular weight is 339 g/mol. The highest BCUT2D eigenvalue weighted by molar-refractivity contribution is 5.60. The summed E-state index contributed by atoms with van der Waals surface area (Å²) in [5, 5.41) is 7.31. The highest BCUT2D eigenvalue weighted by atomic mass is 19.1. The van der Waals surface area contributed by atoms with Gasteiger partial charge in [-0.05, 0) is 37.2 Å². The van der Waals surface area contributed by atoms with Crippen molar-refractivity contribution in [3.05, 3.63) is 48.4 Å². The second kappa shape index (κ2) is 6.98. The maximum Gasteiger partial charge on any atom is 0.259 e. The van der Waals surface area contributed by atoms with Crippen molar-refractivity contribution in [1.29, 1.82) is 0 Å². The summed E-state index contributed by atoms with van der Waals surface area (Å²) in [6, 6.07) is 10.0. The number of hydrogen-bond donors (Lipinski definition) is 1. The first-order valence-electron chi connectivity index (χ1n) is 8.31. The number of rotatable bonds is 3. The zero-order valence-electron chi connectivity index (χ0n) is 13.7. The van der Waals surface area contributed by atoms with Gasteiger partial charge >= 0.3 is 0 Å². The lowest BCUT2D eigenvalue weighted by Crippen LogP contribution is -2.28. The van der Waals surface area contributed by atoms with Gasteiger partial charge in [0.2, 0.25) is 5.82 Å². The molecule has 6 nitrogen and oxygen atoms in total. The topological polar surface area (TPSA) is 67.1 Å². The number of pyridine rings is 1. The predicted octanol–water partition coefficient (Wildman–Crippen LogP) is 2.74. The normalized spacial score (nSPS) is 15.2. The number of benzene rings is 1. The van der Waals surface area contributed by atoms with Gasteiger partial charge in [-0.15, -0.1) is 0 Å². The molecule has 0 saturated carbocycles. The second-order valence-corrected chi connectivity index (χ2v) is 5.93. The van der Waals surface area contributed by atoms with Crippen molar-refractivity contribution in [2.75, 3.05) is 31.1 Å². The van der Waals surface area contributed by atoms with Crippen LogP contribution in [0.3, 0.4) is 0 Å². The highest BCUT2D eigenvalue weighted by Gasteiger charge is 2.14. The fraction of sp³-hybridized carbons (Fsp3) is 0.278. The van der Waals surface area contributed by atoms with Crippen molar-refractivity contribution in [2.24, 2.45) is 0 Å². The van der Waals surface area contributed by atoms with Gasteiger partial charge in [0.1, 0.15) is 11.6 Å². The molecule has 1 aliphatic rings. The van der Waals surface area contributed by atoms with Crippen LogP contribution in [0.1, 0.15) is 6.42 Å². The largest absolute Gasteiger partial charge is 0.355 e. The molecule has 1 fully saturated rings. The maximum absolute atomic E-state index is 13.3. The van der Waals surface area contributed by atoms with E-state index in [0.717, 1.165) is 44.0 Å². The first kappa shape index (κ1) is 15.7. The van der Waals surface area contributed by atoms with Gasteiger partial charge in [0.15, 0.2) is 0 Å². The Morgan fingerprint density at radius 3 is 2.88 bits per heavy atom. The van der Waals surface area contributed by atoms with Gasteiger partial charge in [0, 0.05) is 31.4 Å². The lowest BCUT2D eigenvalue weighted by molar-refractivity contribution is 0.432. The number of nitrogens with one attached hydrogen (secondary N) is 1. The molecule has 0 aliphatic carbocycles. The first-order chi connectivity index (χ1) is 12.3. The van der Waals surface area contributed by atoms with Crippen molar-refractivity contribution >= 4 is 5.82 Å². The lowest BCUT2D eigenvalue weighted by atomic mass is 10.2. The zero-order chi connectivity index (χ0) is 17.1. The Bertz CT molecular complexity index is 841. The Balaban J connectivity index is 1.54. The maximum atomic E-state index is 13.3. The minimum absolute atomic E-state index is 0.332. The van der Waals surface area contributed by atoms with E-state index in [1.807, 2.05) is 12.1 Å². The van der Waals surface area contributed by atoms with Gasteiger partial charge in [-0.25, -0.2) is 9.37 Å². The molecule has 128 valence electrons. The Hall–Kier alpha value is -2.80. The fourth-order valence-corrected chi connectivity index (χ4v) is 2.86. The first-order valence-corrected chi connectivity index (χ1v) is 8.31. The fourth-order valence-electron chi connectivity index (χ4n) is 2.86. The third-order valence-electron chi connectivity index (χ3n) is 4.17. The van der Waals surface area contributed by atoms with Crippen LogP contribution in [0.15, 0.2) is 47.1 Å². The minimum atomic E-state index is -0.332. The van der Waals surface area contributed by atoms with E-state index in [-0.39, 0.29) is 5.82 Å². The van der Waals surface area contributed by atoms with Crippen LogP contribution in [0, 0.1) is 5.82 Å². The summed E-state index contributed by atoms with van der Waals surface area (Å²) >= 11 is 0. The zero-order valence-corrected chi connectivity index (χ0v) is 13.7. The van der Waals surface area contributed by atoms with Crippen molar-refractivity contribution in [2.45, 2.75) is 6.42 Å². The van der Waals surface area contributed by atoms with Gasteiger partial charge < -0.3 is 14.7 Å². The van der Waals surface area contributed by atoms with Gasteiger partial charge in [-0.2, -0.15) is 4.98 Å². The monoisotopic (exact) mass is 339 g/mol. The van der Waals surface area contributed by atoms with E-state index < -0.39 is 0 Å². The molecule has 1 saturated heterocycles. The Labute approximate surface area is 144 Å². The van der Waals surface area contributed by atoms with Crippen LogP contribution in [-0.4, -0.2) is 41.3 Å². The van der Waals surface area contributed by atoms with E-state index in [0.29, 0.717) is 17.3 Å². The SMILES string of the molecule is Fc1cccc(-c2noc(-c3ccc(N4CCCNCC4)nc3)n2)c1. The number of halogens is 1. The van der Waals surface area contributed by atoms with E-state index in [9.17, 15) is 4.39 Å². The molecule has 25 heavy (non-hydrogen) atoms. The predicted molar refractivity (Wildman–Crippen MR) is 92.6 cm³/mol. The van der Waals surface area contributed by atoms with Gasteiger partial charge in [-0.1, -0.05) is 17.3 Å². The molecule has 0 unspecified atom stereocenters. The van der Waals surface area contributed by atoms with Crippen LogP contribution in [0.4, 0.5) is 10.2 Å². The smallest absolute Gasteiger partial charge is 0.259 e. The number of hydrogen-bond acceptors (Lipinski definition) is 6. The van der Waals surface area contributed by atoms with E-state index in [1.54, 1.807) is 18.3 Å². The second-order valence-electron chi connectivity index (χ2n) is 5.93. The van der Waals surface area contributed by atoms with Crippen molar-refractivity contribution in [3.8, 4) is 22.8 Å². The molecule has 3 aromatic rings. The molecule has 4 rings (SSSR count). The molecule has 7 heteroatoms. The molecule has 2 aromatic heterocycles. The highest BCUT2D eigenvalue weighted by Crippen LogP contribution is 2.23. The summed E-state index contributed by atoms with van der Waals surface area (Å²) in [6.45, 7) is 3.93. The van der Waals surface area contributed by atoms with Crippen LogP contribution in [-0.2, 0) is 0 Å². The number of nitrogens with zero attached hydrogens (tertiary/aromatic N) is 4. The van der Waals surface area contributed by atoms with Crippen LogP contribution in [0.25, 0.3) is 22.8 Å². The van der Waals surface area contributed by atoms with Gasteiger partial charge in [0.05, 0.1) is 5.56 Å². The molecule has 0 amide bonds. The Morgan fingerprint density at radius 2 is 2.04 bits per heavy atom. The quantitative estimate of drug-likeness (QED) is 0.791. The summed E-state index contributed by atoms with van der Waals surface area (Å²) in [6.07, 6.45) is 2.83. The third-order valence-corrected chi connectivity index (χ3v) is 4.17. The molecule has 0 atom stereocenters. The summed E-state index contributed by atoms with van der Waals surface area (Å²) in [5.74, 6) is 1.34. The molecule has 1 N–H and O–H groups in total. The molecule has 1 aliphatic heterocycles. The van der Waals surface area contributed by atoms with E-state index in [2.05, 4.69) is 25.3 Å². The lowest BCUT2D eigenvalue weighted by Gasteiger charge is -2.20. The molecule has 3 heterocycles. The Morgan fingerprint density at radius 1 is 1.08 bits per heavy atom. The summed E-state index contributed by atoms with van der Waals surface area (Å²) < 4.78 is 18.6. The van der Waals surface area contributed by atoms with Crippen LogP contribution >= 0.6 is 0 Å². The molecular formula is C18H18FN5O. The molecule has 0 radical (unpaired) electrons. The molecular weight excluding hydrogens is 321 g/mol. The number of anilines is 1. The van der Waals surface area contributed by atoms with Crippen molar-refractivity contribution in [1.82, 2.24) is 20.4 Å². The Kier molecular flexibility index (Phi) is 4.39. The molecule has 1 aromatic carbocycles. The van der Waals surface area contributed by atoms with Gasteiger partial charge in [0.25, 0.3) is 5.89 Å². The average Bonchev–Trinajstić information content (AvgIpc) is 2.98. The van der Waals surface area contributed by atoms with Crippen LogP contribution in [0.2, 0.25) is 0 Å². The summed E-state index contributed by atoms with van der Waals surface area (Å²) in [4.78, 5) is 11.1. The molecule has 0 spiro atoms. The third kappa shape index (κ3) is 3.51. The van der Waals surface area contributed by atoms with Crippen molar-refractivity contribution < 1.29 is 8.91 Å². The summed E-state index contributed by atoms with van der Waals surface area (Å²) in [5.41, 5.74) is 1.32. The summed E-state index contributed by atoms with van der Waals surface area (Å²) in [7, 11) is 0. The van der Waals surface area contributed by atoms with Crippen molar-refractivity contribution in [3.63, 3.8) is 0 Å². The molecule has 0 bridgehead atoms. The van der Waals surface area contributed by atoms with Crippen LogP contribution < -0.4 is 10.2 Å². The van der Waals surface area contributed by atoms with Gasteiger partial charge in [-0.3, -0.25) is 0 Å². The van der Waals surface area contributed by atoms with E-state index in [4.69, 9.17) is 4.52 Å². The minimum Gasteiger partial charge on any atom is -0.355 e. The van der Waals surface area contributed by atoms with E-state index >= 15 is 0 Å². The van der Waals surface area contributed by atoms with E-state index in [1.165, 1.54) is 12.1 Å². The number of aromatic nitrogens is 3.